The van der Waals surface area contributed by atoms with E-state index in [9.17, 15) is 9.59 Å². The summed E-state index contributed by atoms with van der Waals surface area (Å²) in [4.78, 5) is 29.3. The lowest BCUT2D eigenvalue weighted by Gasteiger charge is -2.24. The van der Waals surface area contributed by atoms with Crippen LogP contribution in [-0.4, -0.2) is 42.0 Å². The fourth-order valence-electron chi connectivity index (χ4n) is 1.73. The topological polar surface area (TPSA) is 59.5 Å². The second-order valence-corrected chi connectivity index (χ2v) is 5.65. The number of ether oxygens (including phenoxy) is 1. The van der Waals surface area contributed by atoms with Gasteiger partial charge < -0.3 is 9.64 Å². The molecule has 0 unspecified atom stereocenters. The standard InChI is InChI=1S/C14H19BrN2O3/c1-10(2)9-17(7-6-13(18)20-3)14(19)11-4-5-12(15)16-8-11/h4-5,8,10H,6-7,9H2,1-3H3. The number of esters is 1. The van der Waals surface area contributed by atoms with Crippen molar-refractivity contribution in [3.63, 3.8) is 0 Å². The van der Waals surface area contributed by atoms with Crippen molar-refractivity contribution in [1.82, 2.24) is 9.88 Å². The summed E-state index contributed by atoms with van der Waals surface area (Å²) >= 11 is 3.23. The summed E-state index contributed by atoms with van der Waals surface area (Å²) < 4.78 is 5.29. The second kappa shape index (κ2) is 7.99. The number of hydrogen-bond donors (Lipinski definition) is 0. The highest BCUT2D eigenvalue weighted by Gasteiger charge is 2.18. The number of amides is 1. The van der Waals surface area contributed by atoms with Gasteiger partial charge in [-0.25, -0.2) is 4.98 Å². The van der Waals surface area contributed by atoms with Crippen molar-refractivity contribution in [2.75, 3.05) is 20.2 Å². The third-order valence-corrected chi connectivity index (χ3v) is 3.13. The van der Waals surface area contributed by atoms with Crippen LogP contribution >= 0.6 is 15.9 Å². The molecule has 0 aliphatic rings. The van der Waals surface area contributed by atoms with Gasteiger partial charge in [0.1, 0.15) is 4.60 Å². The van der Waals surface area contributed by atoms with Gasteiger partial charge in [0.15, 0.2) is 0 Å². The number of carbonyl (C=O) groups is 2. The molecule has 1 rings (SSSR count). The first-order chi connectivity index (χ1) is 9.43. The van der Waals surface area contributed by atoms with Crippen LogP contribution in [0.4, 0.5) is 0 Å². The lowest BCUT2D eigenvalue weighted by Crippen LogP contribution is -2.36. The zero-order valence-electron chi connectivity index (χ0n) is 11.9. The van der Waals surface area contributed by atoms with Crippen LogP contribution in [0.15, 0.2) is 22.9 Å². The first-order valence-corrected chi connectivity index (χ1v) is 7.21. The molecule has 110 valence electrons. The zero-order valence-corrected chi connectivity index (χ0v) is 13.5. The number of hydrogen-bond acceptors (Lipinski definition) is 4. The largest absolute Gasteiger partial charge is 0.469 e. The number of pyridine rings is 1. The Kier molecular flexibility index (Phi) is 6.64. The maximum absolute atomic E-state index is 12.4. The monoisotopic (exact) mass is 342 g/mol. The molecule has 20 heavy (non-hydrogen) atoms. The fourth-order valence-corrected chi connectivity index (χ4v) is 1.96. The number of rotatable bonds is 6. The number of aromatic nitrogens is 1. The number of carbonyl (C=O) groups excluding carboxylic acids is 2. The van der Waals surface area contributed by atoms with E-state index in [1.54, 1.807) is 17.0 Å². The molecule has 0 saturated carbocycles. The van der Waals surface area contributed by atoms with Crippen molar-refractivity contribution in [2.24, 2.45) is 5.92 Å². The van der Waals surface area contributed by atoms with Crippen LogP contribution in [0.3, 0.4) is 0 Å². The quantitative estimate of drug-likeness (QED) is 0.588. The van der Waals surface area contributed by atoms with E-state index in [1.165, 1.54) is 13.3 Å². The highest BCUT2D eigenvalue weighted by Crippen LogP contribution is 2.11. The van der Waals surface area contributed by atoms with Gasteiger partial charge in [-0.3, -0.25) is 9.59 Å². The van der Waals surface area contributed by atoms with Crippen molar-refractivity contribution in [3.8, 4) is 0 Å². The third-order valence-electron chi connectivity index (χ3n) is 2.66. The molecule has 1 aromatic heterocycles. The molecule has 0 saturated heterocycles. The molecule has 5 nitrogen and oxygen atoms in total. The molecule has 0 aliphatic carbocycles. The summed E-state index contributed by atoms with van der Waals surface area (Å²) in [6.45, 7) is 4.99. The predicted octanol–water partition coefficient (Wildman–Crippen LogP) is 2.51. The van der Waals surface area contributed by atoms with Crippen LogP contribution in [0.25, 0.3) is 0 Å². The number of nitrogens with zero attached hydrogens (tertiary/aromatic N) is 2. The van der Waals surface area contributed by atoms with E-state index in [0.717, 1.165) is 0 Å². The van der Waals surface area contributed by atoms with Gasteiger partial charge in [0.05, 0.1) is 19.1 Å². The van der Waals surface area contributed by atoms with E-state index in [2.05, 4.69) is 25.7 Å². The van der Waals surface area contributed by atoms with Gasteiger partial charge in [-0.15, -0.1) is 0 Å². The Labute approximate surface area is 127 Å². The minimum Gasteiger partial charge on any atom is -0.469 e. The Morgan fingerprint density at radius 2 is 2.10 bits per heavy atom. The lowest BCUT2D eigenvalue weighted by molar-refractivity contribution is -0.140. The number of halogens is 1. The molecule has 0 spiro atoms. The van der Waals surface area contributed by atoms with E-state index in [0.29, 0.717) is 29.2 Å². The first-order valence-electron chi connectivity index (χ1n) is 6.41. The van der Waals surface area contributed by atoms with Gasteiger partial charge >= 0.3 is 5.97 Å². The highest BCUT2D eigenvalue weighted by atomic mass is 79.9. The highest BCUT2D eigenvalue weighted by molar-refractivity contribution is 9.10. The average Bonchev–Trinajstić information content (AvgIpc) is 2.42. The molecule has 0 N–H and O–H groups in total. The molecule has 0 bridgehead atoms. The number of methoxy groups -OCH3 is 1. The SMILES string of the molecule is COC(=O)CCN(CC(C)C)C(=O)c1ccc(Br)nc1. The average molecular weight is 343 g/mol. The Bertz CT molecular complexity index is 460. The molecule has 0 aromatic carbocycles. The van der Waals surface area contributed by atoms with Gasteiger partial charge in [-0.2, -0.15) is 0 Å². The molecule has 1 heterocycles. The van der Waals surface area contributed by atoms with Gasteiger partial charge in [-0.1, -0.05) is 13.8 Å². The van der Waals surface area contributed by atoms with Crippen LogP contribution in [0.5, 0.6) is 0 Å². The third kappa shape index (κ3) is 5.28. The summed E-state index contributed by atoms with van der Waals surface area (Å²) in [5, 5.41) is 0. The maximum Gasteiger partial charge on any atom is 0.307 e. The summed E-state index contributed by atoms with van der Waals surface area (Å²) in [7, 11) is 1.34. The molecule has 0 radical (unpaired) electrons. The second-order valence-electron chi connectivity index (χ2n) is 4.84. The van der Waals surface area contributed by atoms with Crippen LogP contribution in [0.1, 0.15) is 30.6 Å². The molecule has 6 heteroatoms. The smallest absolute Gasteiger partial charge is 0.307 e. The van der Waals surface area contributed by atoms with Crippen LogP contribution in [0.2, 0.25) is 0 Å². The Morgan fingerprint density at radius 1 is 1.40 bits per heavy atom. The molecule has 1 amide bonds. The van der Waals surface area contributed by atoms with Crippen molar-refractivity contribution < 1.29 is 14.3 Å². The zero-order chi connectivity index (χ0) is 15.1. The van der Waals surface area contributed by atoms with Crippen molar-refractivity contribution in [2.45, 2.75) is 20.3 Å². The van der Waals surface area contributed by atoms with E-state index >= 15 is 0 Å². The van der Waals surface area contributed by atoms with Crippen LogP contribution in [-0.2, 0) is 9.53 Å². The minimum atomic E-state index is -0.319. The van der Waals surface area contributed by atoms with Crippen molar-refractivity contribution in [3.05, 3.63) is 28.5 Å². The minimum absolute atomic E-state index is 0.123. The lowest BCUT2D eigenvalue weighted by atomic mass is 10.1. The molecular weight excluding hydrogens is 324 g/mol. The Morgan fingerprint density at radius 3 is 2.60 bits per heavy atom. The molecule has 1 aromatic rings. The normalized spacial score (nSPS) is 10.4. The Hall–Kier alpha value is -1.43. The van der Waals surface area contributed by atoms with E-state index in [4.69, 9.17) is 0 Å². The van der Waals surface area contributed by atoms with Gasteiger partial charge in [0.2, 0.25) is 0 Å². The summed E-state index contributed by atoms with van der Waals surface area (Å²) in [5.41, 5.74) is 0.513. The van der Waals surface area contributed by atoms with E-state index in [1.807, 2.05) is 13.8 Å². The molecule has 0 aliphatic heterocycles. The summed E-state index contributed by atoms with van der Waals surface area (Å²) in [6, 6.07) is 3.44. The van der Waals surface area contributed by atoms with Crippen molar-refractivity contribution in [1.29, 1.82) is 0 Å². The maximum atomic E-state index is 12.4. The van der Waals surface area contributed by atoms with Gasteiger partial charge in [0, 0.05) is 19.3 Å². The van der Waals surface area contributed by atoms with Gasteiger partial charge in [0.25, 0.3) is 5.91 Å². The fraction of sp³-hybridized carbons (Fsp3) is 0.500. The predicted molar refractivity (Wildman–Crippen MR) is 79.3 cm³/mol. The van der Waals surface area contributed by atoms with E-state index < -0.39 is 0 Å². The van der Waals surface area contributed by atoms with Crippen LogP contribution < -0.4 is 0 Å². The molecule has 0 atom stereocenters. The summed E-state index contributed by atoms with van der Waals surface area (Å²) in [6.07, 6.45) is 1.72. The molecule has 0 fully saturated rings. The van der Waals surface area contributed by atoms with E-state index in [-0.39, 0.29) is 18.3 Å². The Balaban J connectivity index is 2.78. The summed E-state index contributed by atoms with van der Waals surface area (Å²) in [5.74, 6) is -0.122. The van der Waals surface area contributed by atoms with Gasteiger partial charge in [-0.05, 0) is 34.0 Å². The van der Waals surface area contributed by atoms with Crippen molar-refractivity contribution >= 4 is 27.8 Å². The molecular formula is C14H19BrN2O3. The first kappa shape index (κ1) is 16.6. The van der Waals surface area contributed by atoms with Crippen LogP contribution in [0, 0.1) is 5.92 Å².